The third-order valence-electron chi connectivity index (χ3n) is 3.14. The molecule has 0 radical (unpaired) electrons. The molecular formula is C15H22N2O2. The number of nitrogens with one attached hydrogen (secondary N) is 1. The van der Waals surface area contributed by atoms with Gasteiger partial charge in [-0.15, -0.1) is 0 Å². The highest BCUT2D eigenvalue weighted by Gasteiger charge is 2.24. The lowest BCUT2D eigenvalue weighted by Gasteiger charge is -2.33. The molecule has 2 rings (SSSR count). The van der Waals surface area contributed by atoms with E-state index in [0.29, 0.717) is 19.7 Å². The molecule has 0 aliphatic carbocycles. The van der Waals surface area contributed by atoms with Crippen LogP contribution in [0, 0.1) is 0 Å². The molecule has 4 heteroatoms. The fourth-order valence-corrected chi connectivity index (χ4v) is 2.24. The topological polar surface area (TPSA) is 41.6 Å². The van der Waals surface area contributed by atoms with Gasteiger partial charge < -0.3 is 15.0 Å². The van der Waals surface area contributed by atoms with E-state index in [0.717, 1.165) is 6.42 Å². The minimum Gasteiger partial charge on any atom is -0.374 e. The van der Waals surface area contributed by atoms with Crippen molar-refractivity contribution in [3.05, 3.63) is 35.9 Å². The summed E-state index contributed by atoms with van der Waals surface area (Å²) in [7, 11) is 0. The van der Waals surface area contributed by atoms with E-state index in [-0.39, 0.29) is 18.2 Å². The van der Waals surface area contributed by atoms with Crippen molar-refractivity contribution in [2.75, 3.05) is 19.7 Å². The van der Waals surface area contributed by atoms with Crippen LogP contribution in [0.5, 0.6) is 0 Å². The van der Waals surface area contributed by atoms with Crippen molar-refractivity contribution in [2.45, 2.75) is 32.4 Å². The third-order valence-corrected chi connectivity index (χ3v) is 3.14. The monoisotopic (exact) mass is 262 g/mol. The number of nitrogens with zero attached hydrogens (tertiary/aromatic N) is 1. The van der Waals surface area contributed by atoms with Crippen LogP contribution < -0.4 is 5.32 Å². The highest BCUT2D eigenvalue weighted by atomic mass is 16.5. The van der Waals surface area contributed by atoms with Crippen LogP contribution in [-0.4, -0.2) is 42.8 Å². The highest BCUT2D eigenvalue weighted by molar-refractivity contribution is 5.74. The van der Waals surface area contributed by atoms with Crippen LogP contribution in [0.25, 0.3) is 0 Å². The van der Waals surface area contributed by atoms with E-state index >= 15 is 0 Å². The second-order valence-electron chi connectivity index (χ2n) is 5.23. The van der Waals surface area contributed by atoms with Crippen LogP contribution >= 0.6 is 0 Å². The van der Waals surface area contributed by atoms with Crippen molar-refractivity contribution >= 4 is 6.03 Å². The second kappa shape index (κ2) is 6.57. The van der Waals surface area contributed by atoms with Gasteiger partial charge in [-0.1, -0.05) is 30.3 Å². The maximum atomic E-state index is 12.0. The van der Waals surface area contributed by atoms with Crippen molar-refractivity contribution in [3.8, 4) is 0 Å². The summed E-state index contributed by atoms with van der Waals surface area (Å²) in [5.41, 5.74) is 1.25. The number of carbonyl (C=O) groups is 1. The zero-order valence-corrected chi connectivity index (χ0v) is 11.6. The molecule has 1 heterocycles. The first-order valence-electron chi connectivity index (χ1n) is 6.86. The summed E-state index contributed by atoms with van der Waals surface area (Å²) < 4.78 is 5.75. The van der Waals surface area contributed by atoms with Crippen molar-refractivity contribution in [3.63, 3.8) is 0 Å². The van der Waals surface area contributed by atoms with Gasteiger partial charge in [0.25, 0.3) is 0 Å². The number of urea groups is 1. The molecule has 1 fully saturated rings. The summed E-state index contributed by atoms with van der Waals surface area (Å²) >= 11 is 0. The van der Waals surface area contributed by atoms with E-state index in [1.165, 1.54) is 5.56 Å². The van der Waals surface area contributed by atoms with Gasteiger partial charge in [0.05, 0.1) is 12.7 Å². The van der Waals surface area contributed by atoms with E-state index in [1.807, 2.05) is 36.9 Å². The van der Waals surface area contributed by atoms with Crippen LogP contribution in [-0.2, 0) is 11.2 Å². The number of ether oxygens (including phenoxy) is 1. The molecule has 1 aromatic carbocycles. The number of carbonyl (C=O) groups excluding carboxylic acids is 1. The molecule has 0 aromatic heterocycles. The molecule has 0 saturated carbocycles. The van der Waals surface area contributed by atoms with Gasteiger partial charge in [0, 0.05) is 25.6 Å². The van der Waals surface area contributed by atoms with Crippen molar-refractivity contribution in [2.24, 2.45) is 0 Å². The Morgan fingerprint density at radius 1 is 1.42 bits per heavy atom. The molecule has 4 nitrogen and oxygen atoms in total. The normalized spacial score (nSPS) is 19.5. The Hall–Kier alpha value is -1.55. The first-order chi connectivity index (χ1) is 9.15. The smallest absolute Gasteiger partial charge is 0.317 e. The molecule has 2 amide bonds. The first-order valence-corrected chi connectivity index (χ1v) is 6.86. The quantitative estimate of drug-likeness (QED) is 0.906. The molecule has 1 atom stereocenters. The predicted octanol–water partition coefficient (Wildman–Crippen LogP) is 2.05. The summed E-state index contributed by atoms with van der Waals surface area (Å²) in [5, 5.41) is 2.93. The average molecular weight is 262 g/mol. The van der Waals surface area contributed by atoms with Crippen LogP contribution in [0.2, 0.25) is 0 Å². The molecule has 104 valence electrons. The maximum Gasteiger partial charge on any atom is 0.317 e. The molecule has 1 aliphatic heterocycles. The lowest BCUT2D eigenvalue weighted by molar-refractivity contribution is -0.0135. The fraction of sp³-hybridized carbons (Fsp3) is 0.533. The van der Waals surface area contributed by atoms with Gasteiger partial charge in [-0.05, 0) is 19.4 Å². The number of rotatable bonds is 3. The predicted molar refractivity (Wildman–Crippen MR) is 75.1 cm³/mol. The van der Waals surface area contributed by atoms with Gasteiger partial charge in [-0.25, -0.2) is 4.79 Å². The van der Waals surface area contributed by atoms with E-state index in [9.17, 15) is 4.79 Å². The molecular weight excluding hydrogens is 240 g/mol. The van der Waals surface area contributed by atoms with E-state index in [1.54, 1.807) is 0 Å². The van der Waals surface area contributed by atoms with Gasteiger partial charge in [0.15, 0.2) is 0 Å². The standard InChI is InChI=1S/C15H22N2O2/c1-12(2)16-15(18)17-8-9-19-14(11-17)10-13-6-4-3-5-7-13/h3-7,12,14H,8-11H2,1-2H3,(H,16,18). The van der Waals surface area contributed by atoms with Gasteiger partial charge in [-0.3, -0.25) is 0 Å². The van der Waals surface area contributed by atoms with E-state index in [4.69, 9.17) is 4.74 Å². The largest absolute Gasteiger partial charge is 0.374 e. The number of amides is 2. The molecule has 19 heavy (non-hydrogen) atoms. The van der Waals surface area contributed by atoms with Crippen molar-refractivity contribution in [1.29, 1.82) is 0 Å². The number of hydrogen-bond acceptors (Lipinski definition) is 2. The minimum absolute atomic E-state index is 0.0105. The van der Waals surface area contributed by atoms with Gasteiger partial charge in [-0.2, -0.15) is 0 Å². The Balaban J connectivity index is 1.88. The Bertz CT molecular complexity index is 406. The third kappa shape index (κ3) is 4.24. The maximum absolute atomic E-state index is 12.0. The molecule has 0 spiro atoms. The van der Waals surface area contributed by atoms with Gasteiger partial charge >= 0.3 is 6.03 Å². The summed E-state index contributed by atoms with van der Waals surface area (Å²) in [6, 6.07) is 10.4. The van der Waals surface area contributed by atoms with Crippen molar-refractivity contribution < 1.29 is 9.53 Å². The molecule has 1 aromatic rings. The SMILES string of the molecule is CC(C)NC(=O)N1CCOC(Cc2ccccc2)C1. The Morgan fingerprint density at radius 3 is 2.84 bits per heavy atom. The minimum atomic E-state index is 0.0105. The molecule has 0 bridgehead atoms. The number of hydrogen-bond donors (Lipinski definition) is 1. The van der Waals surface area contributed by atoms with Gasteiger partial charge in [0.2, 0.25) is 0 Å². The second-order valence-corrected chi connectivity index (χ2v) is 5.23. The molecule has 1 N–H and O–H groups in total. The Labute approximate surface area is 114 Å². The Morgan fingerprint density at radius 2 is 2.16 bits per heavy atom. The average Bonchev–Trinajstić information content (AvgIpc) is 2.39. The first kappa shape index (κ1) is 13.9. The molecule has 1 saturated heterocycles. The lowest BCUT2D eigenvalue weighted by atomic mass is 10.1. The van der Waals surface area contributed by atoms with Crippen LogP contribution in [0.3, 0.4) is 0 Å². The zero-order valence-electron chi connectivity index (χ0n) is 11.6. The van der Waals surface area contributed by atoms with Crippen molar-refractivity contribution in [1.82, 2.24) is 10.2 Å². The fourth-order valence-electron chi connectivity index (χ4n) is 2.24. The molecule has 1 aliphatic rings. The van der Waals surface area contributed by atoms with Crippen LogP contribution in [0.4, 0.5) is 4.79 Å². The van der Waals surface area contributed by atoms with Gasteiger partial charge in [0.1, 0.15) is 0 Å². The summed E-state index contributed by atoms with van der Waals surface area (Å²) in [6.45, 7) is 5.89. The lowest BCUT2D eigenvalue weighted by Crippen LogP contribution is -2.51. The van der Waals surface area contributed by atoms with E-state index < -0.39 is 0 Å². The summed E-state index contributed by atoms with van der Waals surface area (Å²) in [5.74, 6) is 0. The zero-order chi connectivity index (χ0) is 13.7. The van der Waals surface area contributed by atoms with E-state index in [2.05, 4.69) is 17.4 Å². The summed E-state index contributed by atoms with van der Waals surface area (Å²) in [4.78, 5) is 13.8. The van der Waals surface area contributed by atoms with Crippen LogP contribution in [0.15, 0.2) is 30.3 Å². The van der Waals surface area contributed by atoms with Crippen LogP contribution in [0.1, 0.15) is 19.4 Å². The number of morpholine rings is 1. The highest BCUT2D eigenvalue weighted by Crippen LogP contribution is 2.11. The Kier molecular flexibility index (Phi) is 4.80. The molecule has 1 unspecified atom stereocenters. The number of benzene rings is 1. The summed E-state index contributed by atoms with van der Waals surface area (Å²) in [6.07, 6.45) is 0.945.